The Kier molecular flexibility index (Phi) is 5.08. The van der Waals surface area contributed by atoms with E-state index in [4.69, 9.17) is 11.6 Å². The lowest BCUT2D eigenvalue weighted by Gasteiger charge is -2.34. The Labute approximate surface area is 173 Å². The molecule has 2 N–H and O–H groups in total. The van der Waals surface area contributed by atoms with Crippen molar-refractivity contribution in [1.82, 2.24) is 25.3 Å². The molecule has 0 unspecified atom stereocenters. The number of nitrogens with zero attached hydrogens (tertiary/aromatic N) is 4. The maximum Gasteiger partial charge on any atom is 0.245 e. The SMILES string of the molecule is C[C@]1(C(=O)NCCF)CCCN1c1nc(-c2c[nH]c3ncc(Cl)cc23)ncc1F.[HH].[HH]. The number of amides is 1. The summed E-state index contributed by atoms with van der Waals surface area (Å²) in [4.78, 5) is 30.0. The maximum atomic E-state index is 14.7. The van der Waals surface area contributed by atoms with Crippen LogP contribution in [0.15, 0.2) is 24.7 Å². The highest BCUT2D eigenvalue weighted by Gasteiger charge is 2.44. The van der Waals surface area contributed by atoms with E-state index in [1.165, 1.54) is 6.20 Å². The summed E-state index contributed by atoms with van der Waals surface area (Å²) < 4.78 is 27.2. The molecule has 10 heteroatoms. The lowest BCUT2D eigenvalue weighted by atomic mass is 9.97. The zero-order valence-corrected chi connectivity index (χ0v) is 16.4. The van der Waals surface area contributed by atoms with Crippen LogP contribution in [0.25, 0.3) is 22.4 Å². The quantitative estimate of drug-likeness (QED) is 0.651. The molecular formula is C19H23ClF2N6O. The van der Waals surface area contributed by atoms with Crippen molar-refractivity contribution in [3.05, 3.63) is 35.5 Å². The molecular weight excluding hydrogens is 402 g/mol. The van der Waals surface area contributed by atoms with Crippen LogP contribution in [0, 0.1) is 5.82 Å². The number of hydrogen-bond donors (Lipinski definition) is 2. The minimum Gasteiger partial charge on any atom is -0.351 e. The van der Waals surface area contributed by atoms with E-state index in [1.54, 1.807) is 24.1 Å². The molecule has 1 aliphatic heterocycles. The molecule has 0 bridgehead atoms. The average molecular weight is 425 g/mol. The molecule has 1 saturated heterocycles. The number of carbonyl (C=O) groups excluding carboxylic acids is 1. The Morgan fingerprint density at radius 1 is 1.45 bits per heavy atom. The molecule has 7 nitrogen and oxygen atoms in total. The second-order valence-electron chi connectivity index (χ2n) is 7.09. The molecule has 3 aromatic rings. The van der Waals surface area contributed by atoms with Gasteiger partial charge in [-0.05, 0) is 25.8 Å². The van der Waals surface area contributed by atoms with Gasteiger partial charge in [-0.25, -0.2) is 23.7 Å². The fourth-order valence-corrected chi connectivity index (χ4v) is 3.89. The van der Waals surface area contributed by atoms with Gasteiger partial charge in [0, 0.05) is 39.3 Å². The van der Waals surface area contributed by atoms with Crippen molar-refractivity contribution in [2.24, 2.45) is 0 Å². The van der Waals surface area contributed by atoms with Crippen molar-refractivity contribution < 1.29 is 16.4 Å². The van der Waals surface area contributed by atoms with Crippen molar-refractivity contribution in [2.75, 3.05) is 24.7 Å². The van der Waals surface area contributed by atoms with E-state index in [0.717, 1.165) is 6.20 Å². The van der Waals surface area contributed by atoms with Crippen LogP contribution in [-0.4, -0.2) is 51.1 Å². The predicted octanol–water partition coefficient (Wildman–Crippen LogP) is 3.75. The number of rotatable bonds is 5. The summed E-state index contributed by atoms with van der Waals surface area (Å²) in [6.07, 6.45) is 5.49. The first-order chi connectivity index (χ1) is 13.9. The van der Waals surface area contributed by atoms with Gasteiger partial charge in [-0.3, -0.25) is 4.79 Å². The highest BCUT2D eigenvalue weighted by molar-refractivity contribution is 6.31. The number of halogens is 3. The summed E-state index contributed by atoms with van der Waals surface area (Å²) in [6, 6.07) is 1.73. The zero-order chi connectivity index (χ0) is 20.6. The minimum atomic E-state index is -1.02. The van der Waals surface area contributed by atoms with E-state index in [2.05, 4.69) is 25.3 Å². The van der Waals surface area contributed by atoms with E-state index in [1.807, 2.05) is 0 Å². The molecule has 3 aromatic heterocycles. The van der Waals surface area contributed by atoms with Crippen molar-refractivity contribution in [2.45, 2.75) is 25.3 Å². The molecule has 1 fully saturated rings. The van der Waals surface area contributed by atoms with Crippen LogP contribution in [0.2, 0.25) is 5.02 Å². The zero-order valence-electron chi connectivity index (χ0n) is 15.7. The van der Waals surface area contributed by atoms with Gasteiger partial charge in [0.25, 0.3) is 0 Å². The molecule has 1 aliphatic rings. The summed E-state index contributed by atoms with van der Waals surface area (Å²) in [5.74, 6) is -0.656. The lowest BCUT2D eigenvalue weighted by Crippen LogP contribution is -2.54. The summed E-state index contributed by atoms with van der Waals surface area (Å²) >= 11 is 6.05. The summed E-state index contributed by atoms with van der Waals surface area (Å²) in [5, 5.41) is 3.72. The number of nitrogens with one attached hydrogen (secondary N) is 2. The third-order valence-corrected chi connectivity index (χ3v) is 5.44. The highest BCUT2D eigenvalue weighted by Crippen LogP contribution is 2.36. The van der Waals surface area contributed by atoms with Gasteiger partial charge in [-0.1, -0.05) is 11.6 Å². The number of alkyl halides is 1. The maximum absolute atomic E-state index is 14.7. The molecule has 29 heavy (non-hydrogen) atoms. The number of fused-ring (bicyclic) bond motifs is 1. The Bertz CT molecular complexity index is 1080. The van der Waals surface area contributed by atoms with Gasteiger partial charge in [0.1, 0.15) is 17.9 Å². The van der Waals surface area contributed by atoms with Gasteiger partial charge in [0.05, 0.1) is 11.2 Å². The number of carbonyl (C=O) groups is 1. The van der Waals surface area contributed by atoms with E-state index in [9.17, 15) is 13.6 Å². The second kappa shape index (κ2) is 7.55. The van der Waals surface area contributed by atoms with Crippen LogP contribution in [0.5, 0.6) is 0 Å². The normalized spacial score (nSPS) is 19.1. The van der Waals surface area contributed by atoms with Crippen LogP contribution in [0.3, 0.4) is 0 Å². The molecule has 0 saturated carbocycles. The van der Waals surface area contributed by atoms with E-state index >= 15 is 0 Å². The standard InChI is InChI=1S/C19H19ClF2N6O.2H2/c1-19(18(29)23-5-4-21)3-2-6-28(19)17-14(22)10-26-16(27-17)13-9-25-15-12(13)7-11(20)8-24-15;;/h7-10H,2-6H2,1H3,(H,23,29)(H,24,25);2*1H/t19-;;/m1../s1. The highest BCUT2D eigenvalue weighted by atomic mass is 35.5. The van der Waals surface area contributed by atoms with Crippen LogP contribution < -0.4 is 10.2 Å². The fraction of sp³-hybridized carbons (Fsp3) is 0.368. The van der Waals surface area contributed by atoms with E-state index < -0.39 is 18.0 Å². The number of hydrogen-bond acceptors (Lipinski definition) is 5. The Hall–Kier alpha value is -2.81. The van der Waals surface area contributed by atoms with Crippen molar-refractivity contribution in [3.63, 3.8) is 0 Å². The smallest absolute Gasteiger partial charge is 0.245 e. The predicted molar refractivity (Wildman–Crippen MR) is 110 cm³/mol. The Balaban J connectivity index is 0.00000171. The molecule has 0 radical (unpaired) electrons. The fourth-order valence-electron chi connectivity index (χ4n) is 3.73. The minimum absolute atomic E-state index is 0. The van der Waals surface area contributed by atoms with Crippen LogP contribution in [0.4, 0.5) is 14.6 Å². The van der Waals surface area contributed by atoms with Crippen molar-refractivity contribution in [1.29, 1.82) is 0 Å². The summed E-state index contributed by atoms with van der Waals surface area (Å²) in [5.41, 5.74) is 0.210. The van der Waals surface area contributed by atoms with E-state index in [-0.39, 0.29) is 26.9 Å². The molecule has 0 spiro atoms. The van der Waals surface area contributed by atoms with Crippen LogP contribution in [0.1, 0.15) is 22.6 Å². The van der Waals surface area contributed by atoms with Crippen molar-refractivity contribution in [3.8, 4) is 11.4 Å². The first-order valence-corrected chi connectivity index (χ1v) is 9.59. The number of aromatic nitrogens is 4. The van der Waals surface area contributed by atoms with Crippen molar-refractivity contribution >= 4 is 34.4 Å². The Morgan fingerprint density at radius 2 is 2.28 bits per heavy atom. The monoisotopic (exact) mass is 424 g/mol. The number of pyridine rings is 1. The Morgan fingerprint density at radius 3 is 3.07 bits per heavy atom. The average Bonchev–Trinajstić information content (AvgIpc) is 3.30. The van der Waals surface area contributed by atoms with Gasteiger partial charge in [-0.15, -0.1) is 0 Å². The van der Waals surface area contributed by atoms with Gasteiger partial charge in [-0.2, -0.15) is 0 Å². The molecule has 0 aromatic carbocycles. The molecule has 1 amide bonds. The van der Waals surface area contributed by atoms with Gasteiger partial charge >= 0.3 is 0 Å². The van der Waals surface area contributed by atoms with Crippen LogP contribution >= 0.6 is 11.6 Å². The lowest BCUT2D eigenvalue weighted by molar-refractivity contribution is -0.125. The molecule has 156 valence electrons. The second-order valence-corrected chi connectivity index (χ2v) is 7.53. The molecule has 4 rings (SSSR count). The molecule has 1 atom stereocenters. The summed E-state index contributed by atoms with van der Waals surface area (Å²) in [7, 11) is 0. The first kappa shape index (κ1) is 19.5. The number of H-pyrrole nitrogens is 1. The molecule has 4 heterocycles. The third-order valence-electron chi connectivity index (χ3n) is 5.23. The first-order valence-electron chi connectivity index (χ1n) is 9.21. The topological polar surface area (TPSA) is 86.8 Å². The molecule has 0 aliphatic carbocycles. The van der Waals surface area contributed by atoms with Gasteiger partial charge in [0.2, 0.25) is 5.91 Å². The third kappa shape index (κ3) is 3.39. The summed E-state index contributed by atoms with van der Waals surface area (Å²) in [6.45, 7) is 1.42. The van der Waals surface area contributed by atoms with E-state index in [0.29, 0.717) is 41.0 Å². The van der Waals surface area contributed by atoms with Gasteiger partial charge in [0.15, 0.2) is 17.5 Å². The number of anilines is 1. The van der Waals surface area contributed by atoms with Gasteiger partial charge < -0.3 is 15.2 Å². The largest absolute Gasteiger partial charge is 0.351 e. The number of aromatic amines is 1. The van der Waals surface area contributed by atoms with Crippen LogP contribution in [-0.2, 0) is 4.79 Å².